The minimum absolute atomic E-state index is 0.252. The molecule has 0 atom stereocenters. The van der Waals surface area contributed by atoms with Crippen LogP contribution in [0.1, 0.15) is 10.5 Å². The van der Waals surface area contributed by atoms with Crippen molar-refractivity contribution in [2.45, 2.75) is 0 Å². The molecule has 4 heteroatoms. The van der Waals surface area contributed by atoms with E-state index in [0.717, 1.165) is 0 Å². The van der Waals surface area contributed by atoms with Crippen molar-refractivity contribution >= 4 is 6.04 Å². The fraction of sp³-hybridized carbons (Fsp3) is 0. The summed E-state index contributed by atoms with van der Waals surface area (Å²) in [5, 5.41) is 6.50. The standard InChI is InChI=1S/C5H3FN2O/c6-5(9)4-2-1-3-7-8-4/h1-3H. The predicted molar refractivity (Wildman–Crippen MR) is 27.5 cm³/mol. The van der Waals surface area contributed by atoms with Crippen molar-refractivity contribution in [2.24, 2.45) is 0 Å². The number of carbonyl (C=O) groups excluding carboxylic acids is 1. The number of hydrogen-bond donors (Lipinski definition) is 0. The Balaban J connectivity index is 2.98. The molecule has 0 saturated carbocycles. The Morgan fingerprint density at radius 3 is 2.78 bits per heavy atom. The Kier molecular flexibility index (Phi) is 1.48. The molecule has 9 heavy (non-hydrogen) atoms. The van der Waals surface area contributed by atoms with Crippen LogP contribution in [0.15, 0.2) is 18.3 Å². The highest BCUT2D eigenvalue weighted by Crippen LogP contribution is 1.91. The van der Waals surface area contributed by atoms with Crippen LogP contribution in [0.25, 0.3) is 0 Å². The summed E-state index contributed by atoms with van der Waals surface area (Å²) in [5.74, 6) is 0. The van der Waals surface area contributed by atoms with Gasteiger partial charge in [0.1, 0.15) is 0 Å². The number of halogens is 1. The Morgan fingerprint density at radius 2 is 2.44 bits per heavy atom. The summed E-state index contributed by atoms with van der Waals surface area (Å²) in [6, 6.07) is 1.15. The first-order chi connectivity index (χ1) is 4.30. The van der Waals surface area contributed by atoms with E-state index in [0.29, 0.717) is 0 Å². The van der Waals surface area contributed by atoms with Crippen molar-refractivity contribution in [3.63, 3.8) is 0 Å². The molecule has 0 aliphatic carbocycles. The number of hydrogen-bond acceptors (Lipinski definition) is 3. The molecule has 0 aliphatic heterocycles. The fourth-order valence-electron chi connectivity index (χ4n) is 0.406. The molecule has 0 amide bonds. The van der Waals surface area contributed by atoms with Crippen LogP contribution in [0, 0.1) is 0 Å². The molecular weight excluding hydrogens is 123 g/mol. The fourth-order valence-corrected chi connectivity index (χ4v) is 0.406. The molecule has 3 nitrogen and oxygen atoms in total. The van der Waals surface area contributed by atoms with Gasteiger partial charge in [0.05, 0.1) is 0 Å². The maximum absolute atomic E-state index is 11.7. The van der Waals surface area contributed by atoms with E-state index >= 15 is 0 Å². The van der Waals surface area contributed by atoms with Gasteiger partial charge >= 0.3 is 6.04 Å². The van der Waals surface area contributed by atoms with Gasteiger partial charge in [0.25, 0.3) is 0 Å². The molecule has 0 saturated heterocycles. The monoisotopic (exact) mass is 126 g/mol. The molecule has 0 unspecified atom stereocenters. The minimum atomic E-state index is -1.55. The van der Waals surface area contributed by atoms with Gasteiger partial charge in [0, 0.05) is 6.20 Å². The van der Waals surface area contributed by atoms with Crippen LogP contribution in [-0.4, -0.2) is 16.2 Å². The van der Waals surface area contributed by atoms with E-state index in [1.807, 2.05) is 0 Å². The molecule has 0 aliphatic rings. The van der Waals surface area contributed by atoms with Gasteiger partial charge < -0.3 is 0 Å². The third-order valence-electron chi connectivity index (χ3n) is 0.774. The first-order valence-electron chi connectivity index (χ1n) is 2.28. The van der Waals surface area contributed by atoms with Gasteiger partial charge in [-0.2, -0.15) is 9.49 Å². The molecular formula is C5H3FN2O. The average Bonchev–Trinajstić information content (AvgIpc) is 1.90. The van der Waals surface area contributed by atoms with E-state index in [4.69, 9.17) is 0 Å². The van der Waals surface area contributed by atoms with E-state index in [1.54, 1.807) is 0 Å². The maximum atomic E-state index is 11.7. The highest BCUT2D eigenvalue weighted by molar-refractivity contribution is 5.85. The van der Waals surface area contributed by atoms with Gasteiger partial charge in [-0.3, -0.25) is 4.79 Å². The average molecular weight is 126 g/mol. The molecule has 1 rings (SSSR count). The van der Waals surface area contributed by atoms with Crippen molar-refractivity contribution in [1.82, 2.24) is 10.2 Å². The topological polar surface area (TPSA) is 42.9 Å². The molecule has 0 fully saturated rings. The van der Waals surface area contributed by atoms with Crippen molar-refractivity contribution in [3.05, 3.63) is 24.0 Å². The van der Waals surface area contributed by atoms with Crippen LogP contribution < -0.4 is 0 Å². The summed E-state index contributed by atoms with van der Waals surface area (Å²) >= 11 is 0. The van der Waals surface area contributed by atoms with Gasteiger partial charge in [-0.05, 0) is 12.1 Å². The number of rotatable bonds is 1. The van der Waals surface area contributed by atoms with Crippen molar-refractivity contribution in [1.29, 1.82) is 0 Å². The zero-order valence-electron chi connectivity index (χ0n) is 4.41. The van der Waals surface area contributed by atoms with Gasteiger partial charge in [0.15, 0.2) is 5.69 Å². The molecule has 0 N–H and O–H groups in total. The second-order valence-corrected chi connectivity index (χ2v) is 1.38. The smallest absolute Gasteiger partial charge is 0.253 e. The van der Waals surface area contributed by atoms with E-state index in [2.05, 4.69) is 10.2 Å². The predicted octanol–water partition coefficient (Wildman–Crippen LogP) is 0.586. The van der Waals surface area contributed by atoms with Crippen LogP contribution in [0.5, 0.6) is 0 Å². The van der Waals surface area contributed by atoms with E-state index < -0.39 is 6.04 Å². The van der Waals surface area contributed by atoms with Crippen LogP contribution in [0.4, 0.5) is 4.39 Å². The molecule has 1 aromatic heterocycles. The number of carbonyl (C=O) groups is 1. The second kappa shape index (κ2) is 2.30. The molecule has 0 bridgehead atoms. The van der Waals surface area contributed by atoms with Gasteiger partial charge in [-0.1, -0.05) is 0 Å². The lowest BCUT2D eigenvalue weighted by Gasteiger charge is -1.83. The van der Waals surface area contributed by atoms with Gasteiger partial charge in [0.2, 0.25) is 0 Å². The van der Waals surface area contributed by atoms with Crippen LogP contribution >= 0.6 is 0 Å². The molecule has 0 radical (unpaired) electrons. The third kappa shape index (κ3) is 1.28. The maximum Gasteiger partial charge on any atom is 0.352 e. The zero-order valence-corrected chi connectivity index (χ0v) is 4.41. The van der Waals surface area contributed by atoms with Crippen molar-refractivity contribution in [2.75, 3.05) is 0 Å². The van der Waals surface area contributed by atoms with Gasteiger partial charge in [-0.25, -0.2) is 0 Å². The second-order valence-electron chi connectivity index (χ2n) is 1.38. The first kappa shape index (κ1) is 5.81. The Morgan fingerprint density at radius 1 is 1.67 bits per heavy atom. The highest BCUT2D eigenvalue weighted by atomic mass is 19.1. The quantitative estimate of drug-likeness (QED) is 0.517. The number of aromatic nitrogens is 2. The van der Waals surface area contributed by atoms with Crippen molar-refractivity contribution in [3.8, 4) is 0 Å². The summed E-state index contributed by atoms with van der Waals surface area (Å²) < 4.78 is 11.7. The molecule has 0 spiro atoms. The Bertz CT molecular complexity index is 211. The van der Waals surface area contributed by atoms with Crippen LogP contribution in [0.2, 0.25) is 0 Å². The summed E-state index contributed by atoms with van der Waals surface area (Å²) in [7, 11) is 0. The molecule has 1 aromatic rings. The summed E-state index contributed by atoms with van der Waals surface area (Å²) in [4.78, 5) is 9.88. The summed E-state index contributed by atoms with van der Waals surface area (Å²) in [5.41, 5.74) is -0.252. The number of nitrogens with zero attached hydrogens (tertiary/aromatic N) is 2. The molecule has 0 aromatic carbocycles. The lowest BCUT2D eigenvalue weighted by molar-refractivity contribution is 0.0829. The molecule has 1 heterocycles. The highest BCUT2D eigenvalue weighted by Gasteiger charge is 2.01. The van der Waals surface area contributed by atoms with Crippen molar-refractivity contribution < 1.29 is 9.18 Å². The third-order valence-corrected chi connectivity index (χ3v) is 0.774. The normalized spacial score (nSPS) is 9.00. The van der Waals surface area contributed by atoms with Crippen LogP contribution in [-0.2, 0) is 0 Å². The lowest BCUT2D eigenvalue weighted by atomic mass is 10.4. The SMILES string of the molecule is O=C(F)c1cccnn1. The lowest BCUT2D eigenvalue weighted by Crippen LogP contribution is -1.94. The zero-order chi connectivity index (χ0) is 6.69. The Labute approximate surface area is 50.5 Å². The minimum Gasteiger partial charge on any atom is -0.253 e. The van der Waals surface area contributed by atoms with E-state index in [9.17, 15) is 9.18 Å². The van der Waals surface area contributed by atoms with Crippen LogP contribution in [0.3, 0.4) is 0 Å². The summed E-state index contributed by atoms with van der Waals surface area (Å²) in [6.45, 7) is 0. The molecule has 46 valence electrons. The van der Waals surface area contributed by atoms with Gasteiger partial charge in [-0.15, -0.1) is 5.10 Å². The summed E-state index contributed by atoms with van der Waals surface area (Å²) in [6.07, 6.45) is 1.37. The largest absolute Gasteiger partial charge is 0.352 e. The first-order valence-corrected chi connectivity index (χ1v) is 2.28. The van der Waals surface area contributed by atoms with E-state index in [1.165, 1.54) is 18.3 Å². The Hall–Kier alpha value is -1.32. The van der Waals surface area contributed by atoms with E-state index in [-0.39, 0.29) is 5.69 Å².